The summed E-state index contributed by atoms with van der Waals surface area (Å²) in [5, 5.41) is 0. The molecule has 128 valence electrons. The summed E-state index contributed by atoms with van der Waals surface area (Å²) in [5.41, 5.74) is 23.2. The minimum Gasteiger partial charge on any atom is -0.399 e. The van der Waals surface area contributed by atoms with Gasteiger partial charge in [-0.25, -0.2) is 0 Å². The minimum atomic E-state index is -0.0278. The Kier molecular flexibility index (Phi) is 5.41. The topological polar surface area (TPSA) is 78.1 Å². The summed E-state index contributed by atoms with van der Waals surface area (Å²) in [6.07, 6.45) is 0. The molecular weight excluding hydrogens is 510 g/mol. The van der Waals surface area contributed by atoms with E-state index >= 15 is 0 Å². The average Bonchev–Trinajstić information content (AvgIpc) is 2.52. The Morgan fingerprint density at radius 2 is 0.800 bits per heavy atom. The van der Waals surface area contributed by atoms with Gasteiger partial charge in [0.15, 0.2) is 0 Å². The SMILES string of the molecule is Nc1ccc(C(c2ccc(N)cc2Br)c2ccc(N)cc2Br)c(Br)c1. The van der Waals surface area contributed by atoms with Gasteiger partial charge >= 0.3 is 0 Å². The predicted octanol–water partition coefficient (Wildman–Crippen LogP) is 5.90. The van der Waals surface area contributed by atoms with E-state index in [0.29, 0.717) is 17.1 Å². The third-order valence-electron chi connectivity index (χ3n) is 4.01. The molecule has 0 atom stereocenters. The Morgan fingerprint density at radius 1 is 0.520 bits per heavy atom. The number of hydrogen-bond acceptors (Lipinski definition) is 3. The molecule has 0 spiro atoms. The summed E-state index contributed by atoms with van der Waals surface area (Å²) >= 11 is 11.0. The highest BCUT2D eigenvalue weighted by Gasteiger charge is 2.23. The predicted molar refractivity (Wildman–Crippen MR) is 117 cm³/mol. The lowest BCUT2D eigenvalue weighted by molar-refractivity contribution is 0.957. The van der Waals surface area contributed by atoms with Gasteiger partial charge in [0, 0.05) is 36.4 Å². The van der Waals surface area contributed by atoms with Crippen LogP contribution in [0.4, 0.5) is 17.1 Å². The summed E-state index contributed by atoms with van der Waals surface area (Å²) in [6, 6.07) is 17.6. The number of benzene rings is 3. The molecule has 0 aromatic heterocycles. The summed E-state index contributed by atoms with van der Waals surface area (Å²) < 4.78 is 2.85. The van der Waals surface area contributed by atoms with E-state index in [0.717, 1.165) is 30.1 Å². The maximum absolute atomic E-state index is 5.92. The molecule has 0 aliphatic carbocycles. The Labute approximate surface area is 172 Å². The number of halogens is 3. The van der Waals surface area contributed by atoms with Crippen molar-refractivity contribution < 1.29 is 0 Å². The molecule has 0 fully saturated rings. The van der Waals surface area contributed by atoms with Gasteiger partial charge in [-0.1, -0.05) is 66.0 Å². The molecule has 3 nitrogen and oxygen atoms in total. The van der Waals surface area contributed by atoms with Crippen LogP contribution in [-0.4, -0.2) is 0 Å². The van der Waals surface area contributed by atoms with Gasteiger partial charge in [0.25, 0.3) is 0 Å². The van der Waals surface area contributed by atoms with E-state index in [1.165, 1.54) is 0 Å². The second kappa shape index (κ2) is 7.40. The molecule has 6 heteroatoms. The van der Waals surface area contributed by atoms with Crippen molar-refractivity contribution in [3.8, 4) is 0 Å². The van der Waals surface area contributed by atoms with E-state index in [1.54, 1.807) is 0 Å². The average molecular weight is 526 g/mol. The number of rotatable bonds is 3. The van der Waals surface area contributed by atoms with Gasteiger partial charge in [0.2, 0.25) is 0 Å². The molecule has 6 N–H and O–H groups in total. The Balaban J connectivity index is 2.27. The summed E-state index contributed by atoms with van der Waals surface area (Å²) in [4.78, 5) is 0. The fraction of sp³-hybridized carbons (Fsp3) is 0.0526. The second-order valence-corrected chi connectivity index (χ2v) is 8.34. The molecule has 0 heterocycles. The highest BCUT2D eigenvalue weighted by atomic mass is 79.9. The quantitative estimate of drug-likeness (QED) is 0.294. The fourth-order valence-electron chi connectivity index (χ4n) is 2.84. The van der Waals surface area contributed by atoms with Gasteiger partial charge < -0.3 is 17.2 Å². The van der Waals surface area contributed by atoms with Crippen molar-refractivity contribution in [2.24, 2.45) is 0 Å². The van der Waals surface area contributed by atoms with Crippen LogP contribution in [0.2, 0.25) is 0 Å². The molecule has 0 saturated heterocycles. The van der Waals surface area contributed by atoms with Crippen molar-refractivity contribution in [2.75, 3.05) is 17.2 Å². The molecule has 0 radical (unpaired) electrons. The molecule has 0 bridgehead atoms. The first kappa shape index (κ1) is 18.3. The smallest absolute Gasteiger partial charge is 0.0373 e. The van der Waals surface area contributed by atoms with Crippen molar-refractivity contribution in [1.29, 1.82) is 0 Å². The highest BCUT2D eigenvalue weighted by Crippen LogP contribution is 2.43. The third kappa shape index (κ3) is 3.86. The van der Waals surface area contributed by atoms with Crippen molar-refractivity contribution >= 4 is 64.9 Å². The van der Waals surface area contributed by atoms with Crippen LogP contribution in [0.3, 0.4) is 0 Å². The van der Waals surface area contributed by atoms with Gasteiger partial charge in [0.1, 0.15) is 0 Å². The monoisotopic (exact) mass is 523 g/mol. The minimum absolute atomic E-state index is 0.0278. The first-order valence-electron chi connectivity index (χ1n) is 7.51. The molecule has 0 saturated carbocycles. The molecule has 0 amide bonds. The summed E-state index contributed by atoms with van der Waals surface area (Å²) in [5.74, 6) is -0.0278. The number of anilines is 3. The van der Waals surface area contributed by atoms with Crippen molar-refractivity contribution in [3.05, 3.63) is 84.7 Å². The molecule has 3 aromatic carbocycles. The lowest BCUT2D eigenvalue weighted by Gasteiger charge is -2.23. The molecule has 0 aliphatic heterocycles. The molecule has 0 unspecified atom stereocenters. The van der Waals surface area contributed by atoms with Crippen molar-refractivity contribution in [1.82, 2.24) is 0 Å². The zero-order valence-electron chi connectivity index (χ0n) is 13.1. The molecule has 3 rings (SSSR count). The van der Waals surface area contributed by atoms with Crippen LogP contribution in [0.15, 0.2) is 68.0 Å². The van der Waals surface area contributed by atoms with Gasteiger partial charge in [-0.05, 0) is 53.1 Å². The maximum Gasteiger partial charge on any atom is 0.0373 e. The maximum atomic E-state index is 5.92. The zero-order chi connectivity index (χ0) is 18.1. The van der Waals surface area contributed by atoms with Crippen LogP contribution in [0.1, 0.15) is 22.6 Å². The Bertz CT molecular complexity index is 819. The Morgan fingerprint density at radius 3 is 1.04 bits per heavy atom. The van der Waals surface area contributed by atoms with E-state index in [1.807, 2.05) is 54.6 Å². The number of hydrogen-bond donors (Lipinski definition) is 3. The second-order valence-electron chi connectivity index (χ2n) is 5.78. The van der Waals surface area contributed by atoms with Crippen LogP contribution >= 0.6 is 47.8 Å². The van der Waals surface area contributed by atoms with Gasteiger partial charge in [-0.2, -0.15) is 0 Å². The van der Waals surface area contributed by atoms with Gasteiger partial charge in [-0.15, -0.1) is 0 Å². The van der Waals surface area contributed by atoms with E-state index in [4.69, 9.17) is 17.2 Å². The van der Waals surface area contributed by atoms with Crippen LogP contribution in [0, 0.1) is 0 Å². The fourth-order valence-corrected chi connectivity index (χ4v) is 4.71. The number of nitrogens with two attached hydrogens (primary N) is 3. The van der Waals surface area contributed by atoms with Crippen LogP contribution in [-0.2, 0) is 0 Å². The lowest BCUT2D eigenvalue weighted by atomic mass is 9.85. The standard InChI is InChI=1S/C19H16Br3N3/c20-16-7-10(23)1-4-13(16)19(14-5-2-11(24)8-17(14)21)15-6-3-12(25)9-18(15)22/h1-9,19H,23-25H2. The number of nitrogen functional groups attached to an aromatic ring is 3. The van der Waals surface area contributed by atoms with E-state index in [2.05, 4.69) is 47.8 Å². The zero-order valence-corrected chi connectivity index (χ0v) is 17.9. The van der Waals surface area contributed by atoms with Gasteiger partial charge in [0.05, 0.1) is 0 Å². The van der Waals surface area contributed by atoms with E-state index in [-0.39, 0.29) is 5.92 Å². The largest absolute Gasteiger partial charge is 0.399 e. The first-order valence-corrected chi connectivity index (χ1v) is 9.89. The normalized spacial score (nSPS) is 11.0. The molecular formula is C19H16Br3N3. The van der Waals surface area contributed by atoms with Crippen molar-refractivity contribution in [2.45, 2.75) is 5.92 Å². The van der Waals surface area contributed by atoms with E-state index < -0.39 is 0 Å². The molecule has 25 heavy (non-hydrogen) atoms. The van der Waals surface area contributed by atoms with E-state index in [9.17, 15) is 0 Å². The van der Waals surface area contributed by atoms with Crippen LogP contribution < -0.4 is 17.2 Å². The van der Waals surface area contributed by atoms with Crippen LogP contribution in [0.25, 0.3) is 0 Å². The van der Waals surface area contributed by atoms with Crippen LogP contribution in [0.5, 0.6) is 0 Å². The first-order chi connectivity index (χ1) is 11.9. The summed E-state index contributed by atoms with van der Waals surface area (Å²) in [6.45, 7) is 0. The highest BCUT2D eigenvalue weighted by molar-refractivity contribution is 9.11. The lowest BCUT2D eigenvalue weighted by Crippen LogP contribution is -2.07. The molecule has 3 aromatic rings. The van der Waals surface area contributed by atoms with Gasteiger partial charge in [-0.3, -0.25) is 0 Å². The van der Waals surface area contributed by atoms with Crippen molar-refractivity contribution in [3.63, 3.8) is 0 Å². The molecule has 0 aliphatic rings. The summed E-state index contributed by atoms with van der Waals surface area (Å²) in [7, 11) is 0. The Hall–Kier alpha value is -1.50. The third-order valence-corrected chi connectivity index (χ3v) is 6.07.